The van der Waals surface area contributed by atoms with Crippen LogP contribution in [0.25, 0.3) is 10.8 Å². The van der Waals surface area contributed by atoms with Crippen LogP contribution >= 0.6 is 0 Å². The topological polar surface area (TPSA) is 38.3 Å². The molecule has 0 aliphatic carbocycles. The van der Waals surface area contributed by atoms with Gasteiger partial charge in [-0.2, -0.15) is 0 Å². The van der Waals surface area contributed by atoms with Crippen LogP contribution in [-0.4, -0.2) is 12.8 Å². The third-order valence-electron chi connectivity index (χ3n) is 2.10. The van der Waals surface area contributed by atoms with E-state index >= 15 is 0 Å². The van der Waals surface area contributed by atoms with Gasteiger partial charge in [0, 0.05) is 5.39 Å². The van der Waals surface area contributed by atoms with Crippen LogP contribution < -0.4 is 10.3 Å². The minimum absolute atomic E-state index is 0.184. The van der Waals surface area contributed by atoms with Crippen LogP contribution in [0.1, 0.15) is 0 Å². The number of carbonyl (C=O) groups excluding carboxylic acids is 1. The van der Waals surface area contributed by atoms with Crippen LogP contribution in [-0.2, 0) is 4.79 Å². The second-order valence-electron chi connectivity index (χ2n) is 3.09. The Balaban J connectivity index is 2.30. The minimum Gasteiger partial charge on any atom is -0.408 e. The van der Waals surface area contributed by atoms with Gasteiger partial charge in [0.1, 0.15) is 6.29 Å². The summed E-state index contributed by atoms with van der Waals surface area (Å²) in [6.07, 6.45) is 0.755. The molecule has 0 aliphatic rings. The van der Waals surface area contributed by atoms with Crippen molar-refractivity contribution in [2.75, 3.05) is 6.54 Å². The quantitative estimate of drug-likeness (QED) is 0.466. The lowest BCUT2D eigenvalue weighted by atomic mass is 10.1. The Morgan fingerprint density at radius 1 is 1.13 bits per heavy atom. The maximum Gasteiger partial charge on any atom is 0.154 e. The smallest absolute Gasteiger partial charge is 0.154 e. The molecule has 3 heteroatoms. The molecule has 0 amide bonds. The van der Waals surface area contributed by atoms with Crippen molar-refractivity contribution >= 4 is 17.1 Å². The van der Waals surface area contributed by atoms with Crippen molar-refractivity contribution < 1.29 is 9.63 Å². The lowest BCUT2D eigenvalue weighted by molar-refractivity contribution is -0.108. The van der Waals surface area contributed by atoms with E-state index in [1.165, 1.54) is 0 Å². The van der Waals surface area contributed by atoms with Crippen LogP contribution in [0.5, 0.6) is 5.75 Å². The number of fused-ring (bicyclic) bond motifs is 1. The highest BCUT2D eigenvalue weighted by Gasteiger charge is 2.00. The molecule has 0 bridgehead atoms. The summed E-state index contributed by atoms with van der Waals surface area (Å²) in [5, 5.41) is 2.14. The summed E-state index contributed by atoms with van der Waals surface area (Å²) < 4.78 is 0. The molecule has 0 aromatic heterocycles. The zero-order valence-electron chi connectivity index (χ0n) is 8.14. The fourth-order valence-corrected chi connectivity index (χ4v) is 1.44. The van der Waals surface area contributed by atoms with Gasteiger partial charge in [-0.1, -0.05) is 36.4 Å². The van der Waals surface area contributed by atoms with Crippen LogP contribution in [0.2, 0.25) is 0 Å². The Hall–Kier alpha value is -1.87. The van der Waals surface area contributed by atoms with Crippen LogP contribution in [0.4, 0.5) is 0 Å². The molecule has 0 unspecified atom stereocenters. The Morgan fingerprint density at radius 3 is 2.80 bits per heavy atom. The van der Waals surface area contributed by atoms with Gasteiger partial charge in [-0.25, -0.2) is 0 Å². The van der Waals surface area contributed by atoms with E-state index in [0.717, 1.165) is 22.8 Å². The van der Waals surface area contributed by atoms with Gasteiger partial charge in [-0.3, -0.25) is 0 Å². The maximum absolute atomic E-state index is 10.1. The lowest BCUT2D eigenvalue weighted by Crippen LogP contribution is -2.20. The van der Waals surface area contributed by atoms with E-state index in [9.17, 15) is 4.79 Å². The predicted molar refractivity (Wildman–Crippen MR) is 58.6 cm³/mol. The predicted octanol–water partition coefficient (Wildman–Crippen LogP) is 1.92. The number of hydroxylamine groups is 1. The third-order valence-corrected chi connectivity index (χ3v) is 2.10. The number of benzene rings is 2. The Morgan fingerprint density at radius 2 is 1.93 bits per heavy atom. The standard InChI is InChI=1S/C12H11NO2/c14-9-8-13-15-12-7-3-5-10-4-1-2-6-11(10)12/h1-7,9,13H,8H2. The minimum atomic E-state index is 0.184. The van der Waals surface area contributed by atoms with Gasteiger partial charge in [0.05, 0.1) is 6.54 Å². The molecule has 76 valence electrons. The van der Waals surface area contributed by atoms with Gasteiger partial charge in [0.15, 0.2) is 5.75 Å². The number of carbonyl (C=O) groups is 1. The summed E-state index contributed by atoms with van der Waals surface area (Å²) in [5.41, 5.74) is 2.58. The van der Waals surface area contributed by atoms with Crippen LogP contribution in [0.15, 0.2) is 42.5 Å². The van der Waals surface area contributed by atoms with Gasteiger partial charge in [-0.15, -0.1) is 5.48 Å². The van der Waals surface area contributed by atoms with Crippen molar-refractivity contribution in [2.45, 2.75) is 0 Å². The summed E-state index contributed by atoms with van der Waals surface area (Å²) in [5.74, 6) is 0.731. The zero-order chi connectivity index (χ0) is 10.5. The molecule has 15 heavy (non-hydrogen) atoms. The molecule has 0 saturated carbocycles. The van der Waals surface area contributed by atoms with Crippen molar-refractivity contribution in [3.05, 3.63) is 42.5 Å². The third kappa shape index (κ3) is 2.14. The number of aldehydes is 1. The van der Waals surface area contributed by atoms with Crippen molar-refractivity contribution in [3.63, 3.8) is 0 Å². The highest BCUT2D eigenvalue weighted by Crippen LogP contribution is 2.24. The molecule has 1 N–H and O–H groups in total. The van der Waals surface area contributed by atoms with E-state index in [0.29, 0.717) is 0 Å². The normalized spacial score (nSPS) is 10.1. The average molecular weight is 201 g/mol. The van der Waals surface area contributed by atoms with E-state index in [-0.39, 0.29) is 6.54 Å². The van der Waals surface area contributed by atoms with E-state index < -0.39 is 0 Å². The number of nitrogens with one attached hydrogen (secondary N) is 1. The molecule has 0 radical (unpaired) electrons. The molecule has 0 atom stereocenters. The van der Waals surface area contributed by atoms with Gasteiger partial charge in [0.25, 0.3) is 0 Å². The van der Waals surface area contributed by atoms with Crippen molar-refractivity contribution in [1.29, 1.82) is 0 Å². The Labute approximate surface area is 87.6 Å². The molecule has 0 fully saturated rings. The molecular formula is C12H11NO2. The van der Waals surface area contributed by atoms with Gasteiger partial charge in [-0.05, 0) is 11.5 Å². The molecule has 2 rings (SSSR count). The van der Waals surface area contributed by atoms with E-state index in [1.54, 1.807) is 0 Å². The first kappa shape index (κ1) is 9.68. The second-order valence-corrected chi connectivity index (χ2v) is 3.09. The van der Waals surface area contributed by atoms with Gasteiger partial charge < -0.3 is 9.63 Å². The molecule has 3 nitrogen and oxygen atoms in total. The van der Waals surface area contributed by atoms with E-state index in [1.807, 2.05) is 42.5 Å². The summed E-state index contributed by atoms with van der Waals surface area (Å²) in [6, 6.07) is 13.7. The second kappa shape index (κ2) is 4.57. The first-order chi connectivity index (χ1) is 7.42. The Kier molecular flexibility index (Phi) is 2.95. The molecule has 2 aromatic carbocycles. The summed E-state index contributed by atoms with van der Waals surface area (Å²) in [7, 11) is 0. The summed E-state index contributed by atoms with van der Waals surface area (Å²) >= 11 is 0. The first-order valence-electron chi connectivity index (χ1n) is 4.73. The SMILES string of the molecule is O=CCNOc1cccc2ccccc12. The number of hydrogen-bond acceptors (Lipinski definition) is 3. The van der Waals surface area contributed by atoms with E-state index in [2.05, 4.69) is 5.48 Å². The van der Waals surface area contributed by atoms with Gasteiger partial charge >= 0.3 is 0 Å². The molecule has 0 saturated heterocycles. The molecule has 0 heterocycles. The monoisotopic (exact) mass is 201 g/mol. The zero-order valence-corrected chi connectivity index (χ0v) is 8.14. The fourth-order valence-electron chi connectivity index (χ4n) is 1.44. The van der Waals surface area contributed by atoms with Gasteiger partial charge in [0.2, 0.25) is 0 Å². The lowest BCUT2D eigenvalue weighted by Gasteiger charge is -2.07. The first-order valence-corrected chi connectivity index (χ1v) is 4.73. The Bertz CT molecular complexity index is 463. The van der Waals surface area contributed by atoms with Crippen LogP contribution in [0, 0.1) is 0 Å². The number of rotatable bonds is 4. The molecule has 2 aromatic rings. The van der Waals surface area contributed by atoms with E-state index in [4.69, 9.17) is 4.84 Å². The van der Waals surface area contributed by atoms with Crippen molar-refractivity contribution in [2.24, 2.45) is 0 Å². The highest BCUT2D eigenvalue weighted by atomic mass is 16.6. The van der Waals surface area contributed by atoms with Crippen molar-refractivity contribution in [3.8, 4) is 5.75 Å². The summed E-state index contributed by atoms with van der Waals surface area (Å²) in [6.45, 7) is 0.184. The van der Waals surface area contributed by atoms with Crippen molar-refractivity contribution in [1.82, 2.24) is 5.48 Å². The average Bonchev–Trinajstić information content (AvgIpc) is 2.30. The summed E-state index contributed by atoms with van der Waals surface area (Å²) in [4.78, 5) is 15.4. The molecule has 0 spiro atoms. The maximum atomic E-state index is 10.1. The van der Waals surface area contributed by atoms with Crippen LogP contribution in [0.3, 0.4) is 0 Å². The number of hydrogen-bond donors (Lipinski definition) is 1. The largest absolute Gasteiger partial charge is 0.408 e. The molecular weight excluding hydrogens is 190 g/mol. The fraction of sp³-hybridized carbons (Fsp3) is 0.0833. The highest BCUT2D eigenvalue weighted by molar-refractivity contribution is 5.88. The molecule has 0 aliphatic heterocycles.